The molecule has 2 aliphatic carbocycles. The third-order valence-corrected chi connectivity index (χ3v) is 6.96. The van der Waals surface area contributed by atoms with Crippen LogP contribution in [-0.2, 0) is 10.2 Å². The lowest BCUT2D eigenvalue weighted by Gasteiger charge is -2.45. The molecule has 2 aromatic carbocycles. The van der Waals surface area contributed by atoms with E-state index in [1.165, 1.54) is 16.7 Å². The van der Waals surface area contributed by atoms with Crippen LogP contribution in [0.5, 0.6) is 0 Å². The molecule has 1 saturated carbocycles. The zero-order chi connectivity index (χ0) is 19.2. The van der Waals surface area contributed by atoms with Crippen LogP contribution in [0.25, 0.3) is 6.08 Å². The summed E-state index contributed by atoms with van der Waals surface area (Å²) in [6.45, 7) is 2.16. The van der Waals surface area contributed by atoms with E-state index >= 15 is 0 Å². The number of anilines is 1. The number of fused-ring (bicyclic) bond motifs is 2. The Morgan fingerprint density at radius 2 is 1.89 bits per heavy atom. The molecule has 0 bridgehead atoms. The van der Waals surface area contributed by atoms with Gasteiger partial charge in [-0.05, 0) is 74.1 Å². The lowest BCUT2D eigenvalue weighted by molar-refractivity contribution is -0.143. The molecule has 0 atom stereocenters. The average Bonchev–Trinajstić information content (AvgIpc) is 2.88. The molecule has 3 nitrogen and oxygen atoms in total. The minimum absolute atomic E-state index is 0.0716. The quantitative estimate of drug-likeness (QED) is 0.584. The zero-order valence-electron chi connectivity index (χ0n) is 15.1. The number of allylic oxidation sites excluding steroid dienone is 1. The van der Waals surface area contributed by atoms with Gasteiger partial charge in [0.25, 0.3) is 0 Å². The Labute approximate surface area is 172 Å². The monoisotopic (exact) mass is 445 g/mol. The van der Waals surface area contributed by atoms with Crippen LogP contribution in [0.4, 0.5) is 5.69 Å². The predicted octanol–water partition coefficient (Wildman–Crippen LogP) is 6.27. The molecule has 0 saturated heterocycles. The second kappa shape index (κ2) is 6.68. The van der Waals surface area contributed by atoms with Gasteiger partial charge >= 0.3 is 5.97 Å². The van der Waals surface area contributed by atoms with Crippen LogP contribution in [-0.4, -0.2) is 16.6 Å². The highest BCUT2D eigenvalue weighted by molar-refractivity contribution is 9.10. The third-order valence-electron chi connectivity index (χ3n) is 6.23. The number of carboxylic acid groups (broad SMARTS) is 1. The van der Waals surface area contributed by atoms with Crippen molar-refractivity contribution in [2.24, 2.45) is 0 Å². The first-order valence-electron chi connectivity index (χ1n) is 9.11. The van der Waals surface area contributed by atoms with Gasteiger partial charge in [0.05, 0.1) is 0 Å². The molecule has 5 heteroatoms. The molecular weight excluding hydrogens is 426 g/mol. The molecule has 140 valence electrons. The Bertz CT molecular complexity index is 945. The van der Waals surface area contributed by atoms with Gasteiger partial charge in [-0.15, -0.1) is 0 Å². The minimum atomic E-state index is -0.943. The molecule has 1 spiro atoms. The topological polar surface area (TPSA) is 49.3 Å². The lowest BCUT2D eigenvalue weighted by atomic mass is 9.62. The first kappa shape index (κ1) is 18.6. The summed E-state index contributed by atoms with van der Waals surface area (Å²) in [5.74, 6) is -0.784. The Morgan fingerprint density at radius 3 is 2.56 bits per heavy atom. The van der Waals surface area contributed by atoms with Crippen LogP contribution >= 0.6 is 27.5 Å². The van der Waals surface area contributed by atoms with E-state index in [9.17, 15) is 9.90 Å². The van der Waals surface area contributed by atoms with E-state index in [-0.39, 0.29) is 5.41 Å². The highest BCUT2D eigenvalue weighted by Crippen LogP contribution is 2.53. The number of benzene rings is 2. The van der Waals surface area contributed by atoms with E-state index in [4.69, 9.17) is 11.6 Å². The standard InChI is InChI=1S/C22H21BrClNO2/c1-14-11-15-12-17(24)5-6-19(15)21(14)7-9-22(10-8-21,20(26)27)25-18-4-2-3-16(23)13-18/h2-6,11-13,25H,7-10H2,1H3,(H,26,27). The van der Waals surface area contributed by atoms with Crippen molar-refractivity contribution in [3.8, 4) is 0 Å². The van der Waals surface area contributed by atoms with E-state index in [2.05, 4.69) is 40.3 Å². The van der Waals surface area contributed by atoms with Crippen molar-refractivity contribution in [1.82, 2.24) is 0 Å². The summed E-state index contributed by atoms with van der Waals surface area (Å²) < 4.78 is 0.931. The van der Waals surface area contributed by atoms with E-state index in [0.717, 1.165) is 28.0 Å². The number of aliphatic carboxylic acids is 1. The number of halogens is 2. The van der Waals surface area contributed by atoms with E-state index in [1.54, 1.807) is 0 Å². The number of hydrogen-bond acceptors (Lipinski definition) is 2. The molecule has 27 heavy (non-hydrogen) atoms. The maximum Gasteiger partial charge on any atom is 0.329 e. The summed E-state index contributed by atoms with van der Waals surface area (Å²) >= 11 is 9.62. The molecule has 0 aliphatic heterocycles. The third kappa shape index (κ3) is 3.09. The summed E-state index contributed by atoms with van der Waals surface area (Å²) in [5.41, 5.74) is 3.57. The number of carbonyl (C=O) groups is 1. The first-order chi connectivity index (χ1) is 12.8. The number of nitrogens with one attached hydrogen (secondary N) is 1. The fraction of sp³-hybridized carbons (Fsp3) is 0.318. The first-order valence-corrected chi connectivity index (χ1v) is 10.3. The second-order valence-corrected chi connectivity index (χ2v) is 9.02. The molecule has 4 rings (SSSR count). The normalized spacial score (nSPS) is 26.6. The summed E-state index contributed by atoms with van der Waals surface area (Å²) in [5, 5.41) is 14.1. The molecule has 0 amide bonds. The molecule has 0 aromatic heterocycles. The second-order valence-electron chi connectivity index (χ2n) is 7.66. The van der Waals surface area contributed by atoms with Gasteiger partial charge in [0.2, 0.25) is 0 Å². The van der Waals surface area contributed by atoms with Crippen molar-refractivity contribution in [1.29, 1.82) is 0 Å². The minimum Gasteiger partial charge on any atom is -0.480 e. The van der Waals surface area contributed by atoms with Crippen LogP contribution in [0.2, 0.25) is 5.02 Å². The van der Waals surface area contributed by atoms with Gasteiger partial charge in [-0.2, -0.15) is 0 Å². The number of carboxylic acids is 1. The molecule has 2 aliphatic rings. The van der Waals surface area contributed by atoms with Gasteiger partial charge in [0, 0.05) is 20.6 Å². The molecule has 0 heterocycles. The highest BCUT2D eigenvalue weighted by Gasteiger charge is 2.50. The number of rotatable bonds is 3. The summed E-state index contributed by atoms with van der Waals surface area (Å²) in [4.78, 5) is 12.2. The maximum absolute atomic E-state index is 12.2. The average molecular weight is 447 g/mol. The Morgan fingerprint density at radius 1 is 1.15 bits per heavy atom. The van der Waals surface area contributed by atoms with Gasteiger partial charge in [0.15, 0.2) is 0 Å². The van der Waals surface area contributed by atoms with E-state index < -0.39 is 11.5 Å². The fourth-order valence-corrected chi connectivity index (χ4v) is 5.25. The van der Waals surface area contributed by atoms with Gasteiger partial charge in [-0.25, -0.2) is 4.79 Å². The van der Waals surface area contributed by atoms with Crippen LogP contribution in [0, 0.1) is 0 Å². The van der Waals surface area contributed by atoms with Crippen molar-refractivity contribution in [2.75, 3.05) is 5.32 Å². The Balaban J connectivity index is 1.63. The fourth-order valence-electron chi connectivity index (χ4n) is 4.67. The lowest BCUT2D eigenvalue weighted by Crippen LogP contribution is -2.52. The van der Waals surface area contributed by atoms with Crippen molar-refractivity contribution >= 4 is 45.3 Å². The van der Waals surface area contributed by atoms with Gasteiger partial charge in [-0.3, -0.25) is 0 Å². The molecule has 2 N–H and O–H groups in total. The van der Waals surface area contributed by atoms with Crippen molar-refractivity contribution in [2.45, 2.75) is 43.6 Å². The van der Waals surface area contributed by atoms with Crippen LogP contribution < -0.4 is 5.32 Å². The van der Waals surface area contributed by atoms with Gasteiger partial charge < -0.3 is 10.4 Å². The van der Waals surface area contributed by atoms with Gasteiger partial charge in [0.1, 0.15) is 5.54 Å². The summed E-state index contributed by atoms with van der Waals surface area (Å²) in [6.07, 6.45) is 4.95. The Hall–Kier alpha value is -1.78. The molecular formula is C22H21BrClNO2. The summed E-state index contributed by atoms with van der Waals surface area (Å²) in [6, 6.07) is 13.7. The van der Waals surface area contributed by atoms with Crippen LogP contribution in [0.3, 0.4) is 0 Å². The summed E-state index contributed by atoms with van der Waals surface area (Å²) in [7, 11) is 0. The molecule has 2 aromatic rings. The number of hydrogen-bond donors (Lipinski definition) is 2. The predicted molar refractivity (Wildman–Crippen MR) is 113 cm³/mol. The molecule has 0 radical (unpaired) electrons. The highest BCUT2D eigenvalue weighted by atomic mass is 79.9. The van der Waals surface area contributed by atoms with Crippen molar-refractivity contribution < 1.29 is 9.90 Å². The van der Waals surface area contributed by atoms with E-state index in [0.29, 0.717) is 12.8 Å². The van der Waals surface area contributed by atoms with Crippen LogP contribution in [0.1, 0.15) is 43.7 Å². The SMILES string of the molecule is CC1=Cc2cc(Cl)ccc2C12CCC(Nc1cccc(Br)c1)(C(=O)O)CC2. The van der Waals surface area contributed by atoms with Crippen molar-refractivity contribution in [3.05, 3.63) is 68.7 Å². The molecule has 0 unspecified atom stereocenters. The largest absolute Gasteiger partial charge is 0.480 e. The van der Waals surface area contributed by atoms with E-state index in [1.807, 2.05) is 36.4 Å². The van der Waals surface area contributed by atoms with Gasteiger partial charge in [-0.1, -0.05) is 51.3 Å². The van der Waals surface area contributed by atoms with Crippen LogP contribution in [0.15, 0.2) is 52.5 Å². The zero-order valence-corrected chi connectivity index (χ0v) is 17.4. The maximum atomic E-state index is 12.2. The van der Waals surface area contributed by atoms with Crippen molar-refractivity contribution in [3.63, 3.8) is 0 Å². The Kier molecular flexibility index (Phi) is 4.59. The smallest absolute Gasteiger partial charge is 0.329 e. The molecule has 1 fully saturated rings.